The molecule has 0 spiro atoms. The predicted molar refractivity (Wildman–Crippen MR) is 105 cm³/mol. The molecule has 6 heteroatoms. The fourth-order valence-corrected chi connectivity index (χ4v) is 3.30. The molecule has 0 bridgehead atoms. The number of nitrogens with zero attached hydrogens (tertiary/aromatic N) is 3. The number of aromatic nitrogens is 2. The van der Waals surface area contributed by atoms with Gasteiger partial charge in [-0.1, -0.05) is 35.9 Å². The molecular formula is C20H15N3O2S. The molecule has 0 fully saturated rings. The van der Waals surface area contributed by atoms with Crippen molar-refractivity contribution in [1.82, 2.24) is 9.55 Å². The number of fused-ring (bicyclic) bond motifs is 1. The van der Waals surface area contributed by atoms with E-state index in [9.17, 15) is 9.90 Å². The number of hydrogen-bond acceptors (Lipinski definition) is 5. The molecule has 0 saturated carbocycles. The van der Waals surface area contributed by atoms with Gasteiger partial charge in [0, 0.05) is 28.6 Å². The van der Waals surface area contributed by atoms with Gasteiger partial charge in [-0.2, -0.15) is 0 Å². The van der Waals surface area contributed by atoms with Crippen LogP contribution in [0.2, 0.25) is 0 Å². The molecule has 4 rings (SSSR count). The Balaban J connectivity index is 2.01. The van der Waals surface area contributed by atoms with Crippen LogP contribution < -0.4 is 5.56 Å². The Morgan fingerprint density at radius 1 is 1.12 bits per heavy atom. The zero-order chi connectivity index (χ0) is 18.1. The van der Waals surface area contributed by atoms with E-state index in [1.165, 1.54) is 15.9 Å². The van der Waals surface area contributed by atoms with Crippen LogP contribution in [0.5, 0.6) is 5.88 Å². The zero-order valence-electron chi connectivity index (χ0n) is 14.0. The Morgan fingerprint density at radius 2 is 1.85 bits per heavy atom. The first-order valence-electron chi connectivity index (χ1n) is 8.02. The minimum atomic E-state index is -0.270. The van der Waals surface area contributed by atoms with Gasteiger partial charge < -0.3 is 5.11 Å². The molecule has 0 aliphatic heterocycles. The van der Waals surface area contributed by atoms with Crippen molar-refractivity contribution < 1.29 is 5.11 Å². The Kier molecular flexibility index (Phi) is 4.10. The number of aryl methyl sites for hydroxylation is 1. The Morgan fingerprint density at radius 3 is 2.54 bits per heavy atom. The topological polar surface area (TPSA) is 67.5 Å². The molecule has 0 amide bonds. The molecular weight excluding hydrogens is 346 g/mol. The minimum absolute atomic E-state index is 0.141. The summed E-state index contributed by atoms with van der Waals surface area (Å²) in [4.78, 5) is 21.4. The summed E-state index contributed by atoms with van der Waals surface area (Å²) in [6.07, 6.45) is 3.23. The van der Waals surface area contributed by atoms with Crippen LogP contribution in [0, 0.1) is 6.92 Å². The maximum Gasteiger partial charge on any atom is 0.265 e. The fraction of sp³-hybridized carbons (Fsp3) is 0.0500. The number of aliphatic imine (C=N–C) groups is 1. The summed E-state index contributed by atoms with van der Waals surface area (Å²) in [6.45, 7) is 1.97. The highest BCUT2D eigenvalue weighted by atomic mass is 32.1. The van der Waals surface area contributed by atoms with Crippen LogP contribution in [0.3, 0.4) is 0 Å². The molecule has 0 atom stereocenters. The van der Waals surface area contributed by atoms with Crippen molar-refractivity contribution >= 4 is 33.5 Å². The molecule has 2 aromatic carbocycles. The molecule has 0 aliphatic carbocycles. The van der Waals surface area contributed by atoms with E-state index >= 15 is 0 Å². The molecule has 2 heterocycles. The SMILES string of the molecule is Cc1ccc(-n2c(O)c(C=Nc3nccs3)c3ccccc3c2=O)cc1. The third-order valence-corrected chi connectivity index (χ3v) is 4.80. The third kappa shape index (κ3) is 2.80. The van der Waals surface area contributed by atoms with Gasteiger partial charge in [0.05, 0.1) is 11.3 Å². The van der Waals surface area contributed by atoms with Crippen molar-refractivity contribution in [3.63, 3.8) is 0 Å². The number of pyridine rings is 1. The summed E-state index contributed by atoms with van der Waals surface area (Å²) < 4.78 is 1.31. The van der Waals surface area contributed by atoms with E-state index in [1.807, 2.05) is 48.7 Å². The summed E-state index contributed by atoms with van der Waals surface area (Å²) in [7, 11) is 0. The summed E-state index contributed by atoms with van der Waals surface area (Å²) in [5, 5.41) is 14.5. The molecule has 4 aromatic rings. The van der Waals surface area contributed by atoms with Gasteiger partial charge in [0.15, 0.2) is 0 Å². The van der Waals surface area contributed by atoms with E-state index in [-0.39, 0.29) is 11.4 Å². The van der Waals surface area contributed by atoms with E-state index in [2.05, 4.69) is 9.98 Å². The van der Waals surface area contributed by atoms with Crippen LogP contribution in [0.25, 0.3) is 16.5 Å². The number of aromatic hydroxyl groups is 1. The monoisotopic (exact) mass is 361 g/mol. The molecule has 128 valence electrons. The van der Waals surface area contributed by atoms with Crippen molar-refractivity contribution in [3.8, 4) is 11.6 Å². The molecule has 1 N–H and O–H groups in total. The van der Waals surface area contributed by atoms with Crippen molar-refractivity contribution in [3.05, 3.63) is 81.6 Å². The van der Waals surface area contributed by atoms with Gasteiger partial charge in [-0.15, -0.1) is 11.3 Å². The third-order valence-electron chi connectivity index (χ3n) is 4.12. The lowest BCUT2D eigenvalue weighted by atomic mass is 10.1. The molecule has 0 aliphatic rings. The molecule has 0 unspecified atom stereocenters. The molecule has 2 aromatic heterocycles. The van der Waals surface area contributed by atoms with Crippen molar-refractivity contribution in [2.75, 3.05) is 0 Å². The fourth-order valence-electron chi connectivity index (χ4n) is 2.82. The molecule has 26 heavy (non-hydrogen) atoms. The Bertz CT molecular complexity index is 1160. The summed E-state index contributed by atoms with van der Waals surface area (Å²) in [6, 6.07) is 14.6. The van der Waals surface area contributed by atoms with Gasteiger partial charge in [0.25, 0.3) is 5.56 Å². The Labute approximate surface area is 153 Å². The highest BCUT2D eigenvalue weighted by molar-refractivity contribution is 7.13. The number of benzene rings is 2. The second-order valence-electron chi connectivity index (χ2n) is 5.83. The van der Waals surface area contributed by atoms with Crippen LogP contribution in [0.15, 0.2) is 69.9 Å². The van der Waals surface area contributed by atoms with Crippen molar-refractivity contribution in [1.29, 1.82) is 0 Å². The first-order valence-corrected chi connectivity index (χ1v) is 8.90. The lowest BCUT2D eigenvalue weighted by molar-refractivity contribution is 0.436. The van der Waals surface area contributed by atoms with Crippen molar-refractivity contribution in [2.45, 2.75) is 6.92 Å². The minimum Gasteiger partial charge on any atom is -0.494 e. The van der Waals surface area contributed by atoms with Crippen molar-refractivity contribution in [2.24, 2.45) is 4.99 Å². The smallest absolute Gasteiger partial charge is 0.265 e. The van der Waals surface area contributed by atoms with Gasteiger partial charge in [0.1, 0.15) is 0 Å². The van der Waals surface area contributed by atoms with E-state index in [0.29, 0.717) is 27.2 Å². The van der Waals surface area contributed by atoms with Gasteiger partial charge >= 0.3 is 0 Å². The Hall–Kier alpha value is -3.25. The average Bonchev–Trinajstić information content (AvgIpc) is 3.17. The lowest BCUT2D eigenvalue weighted by Gasteiger charge is -2.13. The maximum atomic E-state index is 13.0. The number of thiazole rings is 1. The largest absolute Gasteiger partial charge is 0.494 e. The second kappa shape index (κ2) is 6.57. The first kappa shape index (κ1) is 16.2. The summed E-state index contributed by atoms with van der Waals surface area (Å²) >= 11 is 1.40. The quantitative estimate of drug-likeness (QED) is 0.556. The van der Waals surface area contributed by atoms with E-state index < -0.39 is 0 Å². The normalized spacial score (nSPS) is 11.4. The van der Waals surface area contributed by atoms with Gasteiger partial charge in [-0.05, 0) is 25.1 Å². The zero-order valence-corrected chi connectivity index (χ0v) is 14.8. The van der Waals surface area contributed by atoms with Gasteiger partial charge in [0.2, 0.25) is 11.0 Å². The first-order chi connectivity index (χ1) is 12.6. The number of hydrogen-bond donors (Lipinski definition) is 1. The summed E-state index contributed by atoms with van der Waals surface area (Å²) in [5.74, 6) is -0.141. The van der Waals surface area contributed by atoms with Crippen LogP contribution >= 0.6 is 11.3 Å². The second-order valence-corrected chi connectivity index (χ2v) is 6.70. The van der Waals surface area contributed by atoms with Crippen LogP contribution in [0.1, 0.15) is 11.1 Å². The predicted octanol–water partition coefficient (Wildman–Crippen LogP) is 4.21. The molecule has 0 saturated heterocycles. The van der Waals surface area contributed by atoms with Crippen LogP contribution in [-0.4, -0.2) is 20.9 Å². The molecule has 5 nitrogen and oxygen atoms in total. The average molecular weight is 361 g/mol. The van der Waals surface area contributed by atoms with Crippen LogP contribution in [0.4, 0.5) is 5.13 Å². The highest BCUT2D eigenvalue weighted by Gasteiger charge is 2.16. The summed E-state index contributed by atoms with van der Waals surface area (Å²) in [5.41, 5.74) is 1.89. The van der Waals surface area contributed by atoms with Crippen LogP contribution in [-0.2, 0) is 0 Å². The number of rotatable bonds is 3. The van der Waals surface area contributed by atoms with E-state index in [1.54, 1.807) is 24.5 Å². The highest BCUT2D eigenvalue weighted by Crippen LogP contribution is 2.27. The van der Waals surface area contributed by atoms with Gasteiger partial charge in [-0.3, -0.25) is 4.79 Å². The van der Waals surface area contributed by atoms with E-state index in [0.717, 1.165) is 5.56 Å². The standard InChI is InChI=1S/C20H15N3O2S/c1-13-6-8-14(9-7-13)23-18(24)16-5-3-2-4-15(16)17(19(23)25)12-22-20-21-10-11-26-20/h2-12,25H,1H3. The van der Waals surface area contributed by atoms with E-state index in [4.69, 9.17) is 0 Å². The van der Waals surface area contributed by atoms with Gasteiger partial charge in [-0.25, -0.2) is 14.5 Å². The molecule has 0 radical (unpaired) electrons. The maximum absolute atomic E-state index is 13.0. The lowest BCUT2D eigenvalue weighted by Crippen LogP contribution is -2.20.